The highest BCUT2D eigenvalue weighted by Gasteiger charge is 2.35. The minimum atomic E-state index is -1.01. The zero-order chi connectivity index (χ0) is 27.2. The zero-order valence-electron chi connectivity index (χ0n) is 21.1. The van der Waals surface area contributed by atoms with E-state index in [1.165, 1.54) is 24.1 Å². The summed E-state index contributed by atoms with van der Waals surface area (Å²) in [6.45, 7) is -0.163. The number of esters is 2. The smallest absolute Gasteiger partial charge is 0.337 e. The number of hydrogen-bond acceptors (Lipinski definition) is 6. The monoisotopic (exact) mass is 528 g/mol. The number of methoxy groups -OCH3 is 1. The van der Waals surface area contributed by atoms with Crippen molar-refractivity contribution in [1.29, 1.82) is 0 Å². The number of carbonyl (C=O) groups is 4. The summed E-state index contributed by atoms with van der Waals surface area (Å²) < 4.78 is 37.9. The van der Waals surface area contributed by atoms with Crippen molar-refractivity contribution in [2.45, 2.75) is 63.8 Å². The van der Waals surface area contributed by atoms with Gasteiger partial charge in [0.15, 0.2) is 11.6 Å². The maximum atomic E-state index is 14.2. The number of rotatable bonds is 11. The molecule has 202 valence electrons. The molecule has 8 nitrogen and oxygen atoms in total. The van der Waals surface area contributed by atoms with Crippen LogP contribution in [0.25, 0.3) is 0 Å². The summed E-state index contributed by atoms with van der Waals surface area (Å²) in [5.74, 6) is -3.37. The van der Waals surface area contributed by atoms with Gasteiger partial charge in [-0.05, 0) is 42.5 Å². The van der Waals surface area contributed by atoms with E-state index in [1.54, 1.807) is 24.3 Å². The third kappa shape index (κ3) is 6.93. The number of ether oxygens (including phenoxy) is 2. The molecule has 1 saturated heterocycles. The van der Waals surface area contributed by atoms with E-state index in [0.717, 1.165) is 18.9 Å². The van der Waals surface area contributed by atoms with E-state index in [2.05, 4.69) is 10.1 Å². The highest BCUT2D eigenvalue weighted by Crippen LogP contribution is 2.34. The van der Waals surface area contributed by atoms with E-state index in [9.17, 15) is 28.0 Å². The maximum Gasteiger partial charge on any atom is 0.337 e. The van der Waals surface area contributed by atoms with Crippen molar-refractivity contribution in [2.24, 2.45) is 5.92 Å². The molecule has 0 bridgehead atoms. The van der Waals surface area contributed by atoms with Crippen molar-refractivity contribution >= 4 is 23.8 Å². The van der Waals surface area contributed by atoms with Crippen molar-refractivity contribution in [3.05, 3.63) is 70.8 Å². The van der Waals surface area contributed by atoms with Crippen molar-refractivity contribution in [1.82, 2.24) is 10.2 Å². The number of halogens is 2. The molecule has 2 atom stereocenters. The van der Waals surface area contributed by atoms with Crippen LogP contribution in [0.4, 0.5) is 8.78 Å². The molecule has 2 aromatic carbocycles. The van der Waals surface area contributed by atoms with Gasteiger partial charge in [0.25, 0.3) is 0 Å². The third-order valence-electron chi connectivity index (χ3n) is 6.89. The molecule has 10 heteroatoms. The van der Waals surface area contributed by atoms with Crippen molar-refractivity contribution in [2.75, 3.05) is 7.11 Å². The molecule has 1 N–H and O–H groups in total. The fourth-order valence-electron chi connectivity index (χ4n) is 4.55. The van der Waals surface area contributed by atoms with Crippen LogP contribution in [0, 0.1) is 17.6 Å². The lowest BCUT2D eigenvalue weighted by atomic mass is 10.1. The highest BCUT2D eigenvalue weighted by molar-refractivity contribution is 5.89. The van der Waals surface area contributed by atoms with Gasteiger partial charge in [0.05, 0.1) is 12.7 Å². The Hall–Kier alpha value is -3.82. The first-order chi connectivity index (χ1) is 18.2. The Balaban J connectivity index is 1.34. The van der Waals surface area contributed by atoms with Gasteiger partial charge in [0.2, 0.25) is 11.8 Å². The molecule has 1 heterocycles. The fourth-order valence-corrected chi connectivity index (χ4v) is 4.55. The highest BCUT2D eigenvalue weighted by atomic mass is 19.2. The average molecular weight is 529 g/mol. The molecule has 2 aliphatic rings. The lowest BCUT2D eigenvalue weighted by molar-refractivity contribution is -0.149. The molecule has 1 aliphatic carbocycles. The van der Waals surface area contributed by atoms with Gasteiger partial charge in [-0.25, -0.2) is 18.4 Å². The van der Waals surface area contributed by atoms with Gasteiger partial charge >= 0.3 is 11.9 Å². The second-order valence-electron chi connectivity index (χ2n) is 9.73. The van der Waals surface area contributed by atoms with E-state index in [-0.39, 0.29) is 37.5 Å². The normalized spacial score (nSPS) is 17.7. The minimum Gasteiger partial charge on any atom is -0.465 e. The zero-order valence-corrected chi connectivity index (χ0v) is 21.1. The summed E-state index contributed by atoms with van der Waals surface area (Å²) >= 11 is 0. The number of nitrogens with one attached hydrogen (secondary N) is 1. The molecule has 2 aromatic rings. The topological polar surface area (TPSA) is 102 Å². The van der Waals surface area contributed by atoms with Crippen LogP contribution < -0.4 is 5.32 Å². The quantitative estimate of drug-likeness (QED) is 0.447. The molecule has 4 rings (SSSR count). The van der Waals surface area contributed by atoms with Crippen LogP contribution in [0.1, 0.15) is 60.0 Å². The van der Waals surface area contributed by atoms with Gasteiger partial charge in [-0.3, -0.25) is 9.59 Å². The minimum absolute atomic E-state index is 0.0264. The predicted octanol–water partition coefficient (Wildman–Crippen LogP) is 3.66. The van der Waals surface area contributed by atoms with E-state index in [0.29, 0.717) is 29.9 Å². The van der Waals surface area contributed by atoms with Crippen LogP contribution in [0.3, 0.4) is 0 Å². The lowest BCUT2D eigenvalue weighted by Gasteiger charge is -2.26. The van der Waals surface area contributed by atoms with Crippen LogP contribution >= 0.6 is 0 Å². The Morgan fingerprint density at radius 1 is 1.08 bits per heavy atom. The van der Waals surface area contributed by atoms with Gasteiger partial charge < -0.3 is 19.7 Å². The second kappa shape index (κ2) is 12.1. The van der Waals surface area contributed by atoms with Gasteiger partial charge in [0, 0.05) is 31.0 Å². The molecule has 38 heavy (non-hydrogen) atoms. The summed E-state index contributed by atoms with van der Waals surface area (Å²) in [6, 6.07) is 8.91. The summed E-state index contributed by atoms with van der Waals surface area (Å²) in [5.41, 5.74) is 1.09. The lowest BCUT2D eigenvalue weighted by Crippen LogP contribution is -2.44. The standard InChI is InChI=1S/C28H30F2N2O6/c1-37-27(35)19-9-7-18(8-10-19)16-38-28(36)23(13-17-5-6-17)31-24(33)14-21-11-12-25(34)32(21)15-20-3-2-4-22(29)26(20)30/h2-4,7-10,17,21,23H,5-6,11-16H2,1H3,(H,31,33)/t21-,23-/m0/s1. The third-order valence-corrected chi connectivity index (χ3v) is 6.89. The number of carbonyl (C=O) groups excluding carboxylic acids is 4. The molecule has 1 aliphatic heterocycles. The Morgan fingerprint density at radius 2 is 1.82 bits per heavy atom. The average Bonchev–Trinajstić information content (AvgIpc) is 3.67. The largest absolute Gasteiger partial charge is 0.465 e. The predicted molar refractivity (Wildman–Crippen MR) is 131 cm³/mol. The Labute approximate surface area is 219 Å². The van der Waals surface area contributed by atoms with Crippen LogP contribution in [0.5, 0.6) is 0 Å². The number of likely N-dealkylation sites (tertiary alicyclic amines) is 1. The first-order valence-corrected chi connectivity index (χ1v) is 12.6. The van der Waals surface area contributed by atoms with Gasteiger partial charge in [-0.1, -0.05) is 37.1 Å². The van der Waals surface area contributed by atoms with Crippen LogP contribution in [0.2, 0.25) is 0 Å². The molecule has 2 amide bonds. The molecule has 1 saturated carbocycles. The first-order valence-electron chi connectivity index (χ1n) is 12.6. The second-order valence-corrected chi connectivity index (χ2v) is 9.73. The van der Waals surface area contributed by atoms with Crippen molar-refractivity contribution < 1.29 is 37.4 Å². The van der Waals surface area contributed by atoms with Gasteiger partial charge in [-0.15, -0.1) is 0 Å². The molecule has 0 spiro atoms. The molecule has 0 aromatic heterocycles. The molecule has 0 unspecified atom stereocenters. The summed E-state index contributed by atoms with van der Waals surface area (Å²) in [6.07, 6.45) is 2.94. The van der Waals surface area contributed by atoms with Crippen LogP contribution in [-0.2, 0) is 37.0 Å². The Kier molecular flexibility index (Phi) is 8.70. The van der Waals surface area contributed by atoms with E-state index < -0.39 is 41.6 Å². The summed E-state index contributed by atoms with van der Waals surface area (Å²) in [4.78, 5) is 51.1. The van der Waals surface area contributed by atoms with E-state index in [4.69, 9.17) is 4.74 Å². The summed E-state index contributed by atoms with van der Waals surface area (Å²) in [5, 5.41) is 2.76. The molecular formula is C28H30F2N2O6. The number of hydrogen-bond donors (Lipinski definition) is 1. The van der Waals surface area contributed by atoms with Crippen molar-refractivity contribution in [3.63, 3.8) is 0 Å². The summed E-state index contributed by atoms with van der Waals surface area (Å²) in [7, 11) is 1.29. The molecular weight excluding hydrogens is 498 g/mol. The van der Waals surface area contributed by atoms with Crippen LogP contribution in [0.15, 0.2) is 42.5 Å². The fraction of sp³-hybridized carbons (Fsp3) is 0.429. The number of benzene rings is 2. The number of amides is 2. The van der Waals surface area contributed by atoms with Gasteiger partial charge in [0.1, 0.15) is 12.6 Å². The Bertz CT molecular complexity index is 1200. The maximum absolute atomic E-state index is 14.2. The van der Waals surface area contributed by atoms with E-state index >= 15 is 0 Å². The molecule has 2 fully saturated rings. The van der Waals surface area contributed by atoms with Crippen LogP contribution in [-0.4, -0.2) is 47.8 Å². The van der Waals surface area contributed by atoms with Crippen molar-refractivity contribution in [3.8, 4) is 0 Å². The Morgan fingerprint density at radius 3 is 2.50 bits per heavy atom. The molecule has 0 radical (unpaired) electrons. The van der Waals surface area contributed by atoms with Gasteiger partial charge in [-0.2, -0.15) is 0 Å². The number of nitrogens with zero attached hydrogens (tertiary/aromatic N) is 1. The van der Waals surface area contributed by atoms with E-state index in [1.807, 2.05) is 0 Å². The first kappa shape index (κ1) is 27.2. The SMILES string of the molecule is COC(=O)c1ccc(COC(=O)[C@H](CC2CC2)NC(=O)C[C@@H]2CCC(=O)N2Cc2cccc(F)c2F)cc1.